The topological polar surface area (TPSA) is 93.2 Å². The molecule has 0 bridgehead atoms. The Morgan fingerprint density at radius 2 is 1.69 bits per heavy atom. The van der Waals surface area contributed by atoms with Gasteiger partial charge in [-0.05, 0) is 53.6 Å². The van der Waals surface area contributed by atoms with E-state index in [-0.39, 0.29) is 12.5 Å². The fourth-order valence-electron chi connectivity index (χ4n) is 3.34. The van der Waals surface area contributed by atoms with Crippen LogP contribution >= 0.6 is 11.6 Å². The summed E-state index contributed by atoms with van der Waals surface area (Å²) < 4.78 is 6.26. The highest BCUT2D eigenvalue weighted by atomic mass is 35.5. The molecule has 0 atom stereocenters. The third-order valence-electron chi connectivity index (χ3n) is 5.11. The second-order valence-corrected chi connectivity index (χ2v) is 7.68. The molecule has 8 heteroatoms. The van der Waals surface area contributed by atoms with Crippen LogP contribution in [0.1, 0.15) is 21.5 Å². The number of halogens is 1. The summed E-state index contributed by atoms with van der Waals surface area (Å²) in [5, 5.41) is 3.76. The Kier molecular flexibility index (Phi) is 6.09. The van der Waals surface area contributed by atoms with Gasteiger partial charge in [-0.1, -0.05) is 35.9 Å². The molecule has 4 rings (SSSR count). The standard InChI is InChI=1S/C24H20ClN3O4/c1-32-19-9-4-16(5-10-19)14-28-23(30)20-11-6-17(12-21(20)27-24(28)31)22(29)26-13-15-2-7-18(25)8-3-15/h2-12H,13-14H2,1H3,(H,26,29)(H,27,31). The number of H-pyrrole nitrogens is 1. The molecule has 0 fully saturated rings. The molecule has 0 spiro atoms. The molecule has 0 radical (unpaired) electrons. The number of ether oxygens (including phenoxy) is 1. The van der Waals surface area contributed by atoms with Gasteiger partial charge in [0.2, 0.25) is 0 Å². The van der Waals surface area contributed by atoms with E-state index in [0.29, 0.717) is 33.8 Å². The van der Waals surface area contributed by atoms with Crippen molar-refractivity contribution >= 4 is 28.4 Å². The maximum atomic E-state index is 12.9. The minimum atomic E-state index is -0.544. The molecule has 0 aliphatic heterocycles. The number of rotatable bonds is 6. The fourth-order valence-corrected chi connectivity index (χ4v) is 3.47. The summed E-state index contributed by atoms with van der Waals surface area (Å²) in [6, 6.07) is 18.9. The van der Waals surface area contributed by atoms with E-state index in [1.165, 1.54) is 6.07 Å². The summed E-state index contributed by atoms with van der Waals surface area (Å²) in [5.74, 6) is 0.375. The Labute approximate surface area is 188 Å². The first-order chi connectivity index (χ1) is 15.4. The van der Waals surface area contributed by atoms with Crippen molar-refractivity contribution in [1.29, 1.82) is 0 Å². The van der Waals surface area contributed by atoms with Crippen molar-refractivity contribution in [1.82, 2.24) is 14.9 Å². The van der Waals surface area contributed by atoms with E-state index in [2.05, 4.69) is 10.3 Å². The third kappa shape index (κ3) is 4.58. The number of carbonyl (C=O) groups excluding carboxylic acids is 1. The largest absolute Gasteiger partial charge is 0.497 e. The van der Waals surface area contributed by atoms with Gasteiger partial charge in [-0.25, -0.2) is 4.79 Å². The van der Waals surface area contributed by atoms with Crippen LogP contribution < -0.4 is 21.3 Å². The number of fused-ring (bicyclic) bond motifs is 1. The SMILES string of the molecule is COc1ccc(Cn2c(=O)[nH]c3cc(C(=O)NCc4ccc(Cl)cc4)ccc3c2=O)cc1. The number of nitrogens with zero attached hydrogens (tertiary/aromatic N) is 1. The van der Waals surface area contributed by atoms with Crippen molar-refractivity contribution < 1.29 is 9.53 Å². The second-order valence-electron chi connectivity index (χ2n) is 7.24. The summed E-state index contributed by atoms with van der Waals surface area (Å²) in [6.45, 7) is 0.450. The van der Waals surface area contributed by atoms with Gasteiger partial charge >= 0.3 is 5.69 Å². The zero-order valence-corrected chi connectivity index (χ0v) is 18.0. The molecule has 2 N–H and O–H groups in total. The van der Waals surface area contributed by atoms with Crippen molar-refractivity contribution in [2.24, 2.45) is 0 Å². The van der Waals surface area contributed by atoms with Crippen LogP contribution in [0.5, 0.6) is 5.75 Å². The number of hydrogen-bond acceptors (Lipinski definition) is 4. The average Bonchev–Trinajstić information content (AvgIpc) is 2.81. The number of amides is 1. The predicted molar refractivity (Wildman–Crippen MR) is 124 cm³/mol. The lowest BCUT2D eigenvalue weighted by atomic mass is 10.1. The van der Waals surface area contributed by atoms with Gasteiger partial charge in [-0.2, -0.15) is 0 Å². The van der Waals surface area contributed by atoms with Gasteiger partial charge in [-0.15, -0.1) is 0 Å². The molecule has 3 aromatic carbocycles. The molecule has 7 nitrogen and oxygen atoms in total. The number of aromatic nitrogens is 2. The number of aromatic amines is 1. The van der Waals surface area contributed by atoms with E-state index in [1.54, 1.807) is 55.6 Å². The number of hydrogen-bond donors (Lipinski definition) is 2. The van der Waals surface area contributed by atoms with Crippen LogP contribution in [0.25, 0.3) is 10.9 Å². The fraction of sp³-hybridized carbons (Fsp3) is 0.125. The maximum Gasteiger partial charge on any atom is 0.329 e. The van der Waals surface area contributed by atoms with Crippen LogP contribution in [0.3, 0.4) is 0 Å². The van der Waals surface area contributed by atoms with Crippen molar-refractivity contribution in [2.45, 2.75) is 13.1 Å². The maximum absolute atomic E-state index is 12.9. The minimum absolute atomic E-state index is 0.122. The number of methoxy groups -OCH3 is 1. The Bertz CT molecular complexity index is 1390. The summed E-state index contributed by atoms with van der Waals surface area (Å²) in [7, 11) is 1.57. The van der Waals surface area contributed by atoms with Crippen LogP contribution in [-0.2, 0) is 13.1 Å². The number of nitrogens with one attached hydrogen (secondary N) is 2. The Hall–Kier alpha value is -3.84. The molecule has 1 aromatic heterocycles. The highest BCUT2D eigenvalue weighted by molar-refractivity contribution is 6.30. The highest BCUT2D eigenvalue weighted by Gasteiger charge is 2.12. The molecule has 32 heavy (non-hydrogen) atoms. The summed E-state index contributed by atoms with van der Waals surface area (Å²) >= 11 is 5.87. The van der Waals surface area contributed by atoms with Gasteiger partial charge in [0.1, 0.15) is 5.75 Å². The molecule has 0 saturated carbocycles. The molecule has 0 aliphatic carbocycles. The molecule has 162 valence electrons. The molecule has 0 aliphatic rings. The van der Waals surface area contributed by atoms with Crippen LogP contribution in [0.15, 0.2) is 76.3 Å². The van der Waals surface area contributed by atoms with Gasteiger partial charge in [-0.3, -0.25) is 14.2 Å². The highest BCUT2D eigenvalue weighted by Crippen LogP contribution is 2.13. The van der Waals surface area contributed by atoms with Gasteiger partial charge in [0.15, 0.2) is 0 Å². The van der Waals surface area contributed by atoms with E-state index in [1.807, 2.05) is 12.1 Å². The van der Waals surface area contributed by atoms with Crippen LogP contribution in [0.2, 0.25) is 5.02 Å². The normalized spacial score (nSPS) is 10.8. The molecule has 1 amide bonds. The van der Waals surface area contributed by atoms with Gasteiger partial charge in [0, 0.05) is 17.1 Å². The number of benzene rings is 3. The quantitative estimate of drug-likeness (QED) is 0.472. The lowest BCUT2D eigenvalue weighted by Crippen LogP contribution is -2.35. The van der Waals surface area contributed by atoms with Crippen molar-refractivity contribution in [3.8, 4) is 5.75 Å². The lowest BCUT2D eigenvalue weighted by Gasteiger charge is -2.09. The summed E-state index contributed by atoms with van der Waals surface area (Å²) in [4.78, 5) is 40.7. The van der Waals surface area contributed by atoms with Crippen molar-refractivity contribution in [2.75, 3.05) is 7.11 Å². The first kappa shape index (κ1) is 21.4. The second kappa shape index (κ2) is 9.11. The predicted octanol–water partition coefficient (Wildman–Crippen LogP) is 3.33. The van der Waals surface area contributed by atoms with Gasteiger partial charge in [0.25, 0.3) is 11.5 Å². The number of carbonyl (C=O) groups is 1. The Morgan fingerprint density at radius 1 is 1.00 bits per heavy atom. The van der Waals surface area contributed by atoms with E-state index in [4.69, 9.17) is 16.3 Å². The zero-order valence-electron chi connectivity index (χ0n) is 17.2. The van der Waals surface area contributed by atoms with Crippen molar-refractivity contribution in [3.63, 3.8) is 0 Å². The molecule has 4 aromatic rings. The van der Waals surface area contributed by atoms with E-state index in [0.717, 1.165) is 15.7 Å². The molecule has 1 heterocycles. The van der Waals surface area contributed by atoms with E-state index >= 15 is 0 Å². The molecule has 0 unspecified atom stereocenters. The lowest BCUT2D eigenvalue weighted by molar-refractivity contribution is 0.0951. The molecular formula is C24H20ClN3O4. The van der Waals surface area contributed by atoms with Crippen LogP contribution in [0, 0.1) is 0 Å². The zero-order chi connectivity index (χ0) is 22.7. The van der Waals surface area contributed by atoms with Crippen LogP contribution in [-0.4, -0.2) is 22.6 Å². The Morgan fingerprint density at radius 3 is 2.38 bits per heavy atom. The van der Waals surface area contributed by atoms with E-state index in [9.17, 15) is 14.4 Å². The first-order valence-electron chi connectivity index (χ1n) is 9.87. The third-order valence-corrected chi connectivity index (χ3v) is 5.36. The van der Waals surface area contributed by atoms with E-state index < -0.39 is 11.2 Å². The first-order valence-corrected chi connectivity index (χ1v) is 10.2. The average molecular weight is 450 g/mol. The minimum Gasteiger partial charge on any atom is -0.497 e. The summed E-state index contributed by atoms with van der Waals surface area (Å²) in [6.07, 6.45) is 0. The monoisotopic (exact) mass is 449 g/mol. The smallest absolute Gasteiger partial charge is 0.329 e. The van der Waals surface area contributed by atoms with Gasteiger partial charge in [0.05, 0.1) is 24.6 Å². The Balaban J connectivity index is 1.57. The molecule has 0 saturated heterocycles. The molecular weight excluding hydrogens is 430 g/mol. The summed E-state index contributed by atoms with van der Waals surface area (Å²) in [5.41, 5.74) is 1.37. The van der Waals surface area contributed by atoms with Crippen molar-refractivity contribution in [3.05, 3.63) is 109 Å². The van der Waals surface area contributed by atoms with Crippen LogP contribution in [0.4, 0.5) is 0 Å². The van der Waals surface area contributed by atoms with Gasteiger partial charge < -0.3 is 15.0 Å².